The first-order valence-electron chi connectivity index (χ1n) is 17.4. The van der Waals surface area contributed by atoms with Crippen LogP contribution in [0.5, 0.6) is 0 Å². The van der Waals surface area contributed by atoms with Crippen LogP contribution in [0.4, 0.5) is 0 Å². The summed E-state index contributed by atoms with van der Waals surface area (Å²) in [5, 5.41) is 23.3. The molecule has 6 aliphatic rings. The third-order valence-electron chi connectivity index (χ3n) is 15.3. The molecule has 42 heavy (non-hydrogen) atoms. The summed E-state index contributed by atoms with van der Waals surface area (Å²) in [6.07, 6.45) is 18.7. The summed E-state index contributed by atoms with van der Waals surface area (Å²) in [5.74, 6) is 2.46. The topological polar surface area (TPSA) is 69.6 Å². The standard InChI is InChI=1S/C38H59NO3/c1-24(2)27-14-19-38(39-22-23-40)21-20-36(6)29(32(27)38)12-13-31-35(5)17-15-28(25-8-10-26(11-9-25)33(41)42)34(3,4)30(35)16-18-37(31,36)7/h8,15,26-27,29-32,39-40H,1,9-14,16-23H2,2-7H3,(H,41,42). The molecule has 4 saturated carbocycles. The largest absolute Gasteiger partial charge is 0.481 e. The molecule has 0 aromatic rings. The zero-order valence-corrected chi connectivity index (χ0v) is 27.5. The van der Waals surface area contributed by atoms with Crippen LogP contribution in [-0.2, 0) is 4.79 Å². The molecule has 0 radical (unpaired) electrons. The minimum absolute atomic E-state index is 0.112. The Morgan fingerprint density at radius 1 is 0.952 bits per heavy atom. The highest BCUT2D eigenvalue weighted by atomic mass is 16.4. The fraction of sp³-hybridized carbons (Fsp3) is 0.816. The molecule has 4 heteroatoms. The van der Waals surface area contributed by atoms with E-state index in [1.807, 2.05) is 0 Å². The normalized spacial score (nSPS) is 47.7. The zero-order valence-electron chi connectivity index (χ0n) is 27.5. The molecule has 3 N–H and O–H groups in total. The molecule has 4 nitrogen and oxygen atoms in total. The number of nitrogens with one attached hydrogen (secondary N) is 1. The van der Waals surface area contributed by atoms with Crippen LogP contribution in [0.1, 0.15) is 119 Å². The number of fused-ring (bicyclic) bond motifs is 7. The van der Waals surface area contributed by atoms with E-state index >= 15 is 0 Å². The Morgan fingerprint density at radius 3 is 2.36 bits per heavy atom. The fourth-order valence-corrected chi connectivity index (χ4v) is 13.2. The van der Waals surface area contributed by atoms with Crippen LogP contribution in [0.3, 0.4) is 0 Å². The predicted octanol–water partition coefficient (Wildman–Crippen LogP) is 8.33. The van der Waals surface area contributed by atoms with Crippen LogP contribution >= 0.6 is 0 Å². The van der Waals surface area contributed by atoms with Crippen LogP contribution in [0.25, 0.3) is 0 Å². The van der Waals surface area contributed by atoms with Crippen LogP contribution in [-0.4, -0.2) is 34.9 Å². The van der Waals surface area contributed by atoms with Gasteiger partial charge in [0.1, 0.15) is 0 Å². The molecule has 0 aromatic carbocycles. The summed E-state index contributed by atoms with van der Waals surface area (Å²) in [7, 11) is 0. The second-order valence-electron chi connectivity index (χ2n) is 17.1. The first kappa shape index (κ1) is 30.6. The maximum atomic E-state index is 11.6. The Labute approximate surface area is 255 Å². The Morgan fingerprint density at radius 2 is 1.71 bits per heavy atom. The molecule has 10 unspecified atom stereocenters. The second kappa shape index (κ2) is 10.3. The number of carboxylic acid groups (broad SMARTS) is 1. The second-order valence-corrected chi connectivity index (χ2v) is 17.1. The lowest BCUT2D eigenvalue weighted by Crippen LogP contribution is -2.68. The van der Waals surface area contributed by atoms with Crippen LogP contribution in [0.15, 0.2) is 35.5 Å². The van der Waals surface area contributed by atoms with E-state index in [0.29, 0.717) is 52.9 Å². The molecule has 6 rings (SSSR count). The van der Waals surface area contributed by atoms with Gasteiger partial charge in [0.05, 0.1) is 12.5 Å². The number of β-amino-alcohol motifs (C(OH)–C–C–N with tert-alkyl or cyclic N) is 1. The van der Waals surface area contributed by atoms with Gasteiger partial charge in [0, 0.05) is 12.1 Å². The Bertz CT molecular complexity index is 1180. The summed E-state index contributed by atoms with van der Waals surface area (Å²) in [4.78, 5) is 11.6. The molecule has 0 amide bonds. The van der Waals surface area contributed by atoms with Gasteiger partial charge in [-0.05, 0) is 146 Å². The van der Waals surface area contributed by atoms with Crippen molar-refractivity contribution in [1.82, 2.24) is 5.32 Å². The number of carbonyl (C=O) groups is 1. The van der Waals surface area contributed by atoms with Crippen molar-refractivity contribution in [3.8, 4) is 0 Å². The molecule has 0 heterocycles. The smallest absolute Gasteiger partial charge is 0.306 e. The molecule has 0 saturated heterocycles. The van der Waals surface area contributed by atoms with E-state index in [2.05, 4.69) is 65.6 Å². The Kier molecular flexibility index (Phi) is 7.53. The van der Waals surface area contributed by atoms with E-state index in [4.69, 9.17) is 0 Å². The number of rotatable bonds is 6. The summed E-state index contributed by atoms with van der Waals surface area (Å²) >= 11 is 0. The molecule has 6 aliphatic carbocycles. The first-order chi connectivity index (χ1) is 19.7. The van der Waals surface area contributed by atoms with Gasteiger partial charge in [0.2, 0.25) is 0 Å². The van der Waals surface area contributed by atoms with Crippen molar-refractivity contribution in [3.05, 3.63) is 35.5 Å². The fourth-order valence-electron chi connectivity index (χ4n) is 13.2. The number of allylic oxidation sites excluding steroid dienone is 5. The first-order valence-corrected chi connectivity index (χ1v) is 17.4. The van der Waals surface area contributed by atoms with Gasteiger partial charge in [-0.3, -0.25) is 4.79 Å². The van der Waals surface area contributed by atoms with Crippen molar-refractivity contribution in [3.63, 3.8) is 0 Å². The van der Waals surface area contributed by atoms with Crippen molar-refractivity contribution in [2.24, 2.45) is 57.2 Å². The average molecular weight is 578 g/mol. The molecular weight excluding hydrogens is 518 g/mol. The van der Waals surface area contributed by atoms with Gasteiger partial charge < -0.3 is 15.5 Å². The zero-order chi connectivity index (χ0) is 30.3. The van der Waals surface area contributed by atoms with E-state index in [1.165, 1.54) is 68.1 Å². The predicted molar refractivity (Wildman–Crippen MR) is 171 cm³/mol. The molecule has 10 atom stereocenters. The average Bonchev–Trinajstić information content (AvgIpc) is 3.32. The van der Waals surface area contributed by atoms with Gasteiger partial charge >= 0.3 is 5.97 Å². The van der Waals surface area contributed by atoms with Crippen molar-refractivity contribution < 1.29 is 15.0 Å². The highest BCUT2D eigenvalue weighted by Crippen LogP contribution is 2.76. The summed E-state index contributed by atoms with van der Waals surface area (Å²) < 4.78 is 0. The van der Waals surface area contributed by atoms with E-state index in [0.717, 1.165) is 25.2 Å². The number of hydrogen-bond acceptors (Lipinski definition) is 3. The van der Waals surface area contributed by atoms with Gasteiger partial charge in [0.15, 0.2) is 0 Å². The molecule has 4 fully saturated rings. The summed E-state index contributed by atoms with van der Waals surface area (Å²) in [5.41, 5.74) is 5.56. The number of aliphatic hydroxyl groups excluding tert-OH is 1. The van der Waals surface area contributed by atoms with Crippen molar-refractivity contribution in [2.75, 3.05) is 13.2 Å². The van der Waals surface area contributed by atoms with E-state index < -0.39 is 5.97 Å². The lowest BCUT2D eigenvalue weighted by Gasteiger charge is -2.72. The number of hydrogen-bond donors (Lipinski definition) is 3. The van der Waals surface area contributed by atoms with Gasteiger partial charge in [0.25, 0.3) is 0 Å². The van der Waals surface area contributed by atoms with Gasteiger partial charge in [-0.15, -0.1) is 0 Å². The van der Waals surface area contributed by atoms with Crippen molar-refractivity contribution in [1.29, 1.82) is 0 Å². The molecular formula is C38H59NO3. The van der Waals surface area contributed by atoms with E-state index in [1.54, 1.807) is 0 Å². The van der Waals surface area contributed by atoms with Crippen LogP contribution in [0, 0.1) is 57.2 Å². The van der Waals surface area contributed by atoms with Crippen molar-refractivity contribution in [2.45, 2.75) is 124 Å². The SMILES string of the molecule is C=C(C)C1CCC2(NCCO)CCC3(C)C(CCC4C5(C)CC=C(C6=CCC(C(=O)O)CC6)C(C)(C)C5CCC43C)C12. The lowest BCUT2D eigenvalue weighted by atomic mass is 9.33. The third kappa shape index (κ3) is 4.16. The van der Waals surface area contributed by atoms with Crippen LogP contribution in [0.2, 0.25) is 0 Å². The van der Waals surface area contributed by atoms with Gasteiger partial charge in [-0.2, -0.15) is 0 Å². The number of aliphatic carboxylic acids is 1. The molecule has 234 valence electrons. The monoisotopic (exact) mass is 577 g/mol. The molecule has 0 bridgehead atoms. The lowest BCUT2D eigenvalue weighted by molar-refractivity contribution is -0.221. The van der Waals surface area contributed by atoms with Gasteiger partial charge in [-0.25, -0.2) is 0 Å². The Hall–Kier alpha value is -1.39. The highest BCUT2D eigenvalue weighted by molar-refractivity contribution is 5.70. The number of carboxylic acids is 1. The minimum Gasteiger partial charge on any atom is -0.481 e. The van der Waals surface area contributed by atoms with Gasteiger partial charge in [-0.1, -0.05) is 58.9 Å². The van der Waals surface area contributed by atoms with Crippen LogP contribution < -0.4 is 5.32 Å². The quantitative estimate of drug-likeness (QED) is 0.278. The third-order valence-corrected chi connectivity index (χ3v) is 15.3. The Balaban J connectivity index is 1.33. The molecule has 0 spiro atoms. The summed E-state index contributed by atoms with van der Waals surface area (Å²) in [6, 6.07) is 0. The maximum Gasteiger partial charge on any atom is 0.306 e. The maximum absolute atomic E-state index is 11.6. The van der Waals surface area contributed by atoms with E-state index in [-0.39, 0.29) is 23.5 Å². The van der Waals surface area contributed by atoms with Crippen molar-refractivity contribution >= 4 is 5.97 Å². The van der Waals surface area contributed by atoms with E-state index in [9.17, 15) is 15.0 Å². The number of aliphatic hydroxyl groups is 1. The minimum atomic E-state index is -0.637. The highest BCUT2D eigenvalue weighted by Gasteiger charge is 2.70. The molecule has 0 aliphatic heterocycles. The summed E-state index contributed by atoms with van der Waals surface area (Å²) in [6.45, 7) is 20.8. The molecule has 0 aromatic heterocycles.